The SMILES string of the molecule is OC[C@H]1CCCN1c1cc(NCc2ccc3c(c2)OCO3)ncn1. The first-order valence-corrected chi connectivity index (χ1v) is 8.15. The Morgan fingerprint density at radius 2 is 2.12 bits per heavy atom. The van der Waals surface area contributed by atoms with Gasteiger partial charge in [-0.1, -0.05) is 6.07 Å². The maximum absolute atomic E-state index is 9.47. The molecular weight excluding hydrogens is 308 g/mol. The molecule has 1 atom stereocenters. The largest absolute Gasteiger partial charge is 0.454 e. The second-order valence-corrected chi connectivity index (χ2v) is 5.97. The summed E-state index contributed by atoms with van der Waals surface area (Å²) in [6, 6.07) is 7.98. The number of aliphatic hydroxyl groups excluding tert-OH is 1. The van der Waals surface area contributed by atoms with Crippen molar-refractivity contribution in [1.29, 1.82) is 0 Å². The van der Waals surface area contributed by atoms with Gasteiger partial charge < -0.3 is 24.8 Å². The van der Waals surface area contributed by atoms with Gasteiger partial charge in [0.2, 0.25) is 6.79 Å². The molecule has 0 unspecified atom stereocenters. The van der Waals surface area contributed by atoms with E-state index in [1.54, 1.807) is 6.33 Å². The van der Waals surface area contributed by atoms with E-state index in [0.717, 1.165) is 48.1 Å². The van der Waals surface area contributed by atoms with Crippen molar-refractivity contribution in [1.82, 2.24) is 9.97 Å². The molecule has 0 spiro atoms. The smallest absolute Gasteiger partial charge is 0.231 e. The van der Waals surface area contributed by atoms with Crippen molar-refractivity contribution < 1.29 is 14.6 Å². The number of hydrogen-bond acceptors (Lipinski definition) is 7. The number of hydrogen-bond donors (Lipinski definition) is 2. The lowest BCUT2D eigenvalue weighted by Crippen LogP contribution is -2.32. The Kier molecular flexibility index (Phi) is 4.08. The van der Waals surface area contributed by atoms with Gasteiger partial charge in [0.1, 0.15) is 18.0 Å². The number of ether oxygens (including phenoxy) is 2. The molecule has 2 aliphatic rings. The maximum Gasteiger partial charge on any atom is 0.231 e. The average molecular weight is 328 g/mol. The van der Waals surface area contributed by atoms with Crippen LogP contribution in [0.1, 0.15) is 18.4 Å². The predicted molar refractivity (Wildman–Crippen MR) is 89.4 cm³/mol. The van der Waals surface area contributed by atoms with Crippen LogP contribution in [-0.4, -0.2) is 41.1 Å². The highest BCUT2D eigenvalue weighted by molar-refractivity contribution is 5.51. The summed E-state index contributed by atoms with van der Waals surface area (Å²) < 4.78 is 10.7. The second-order valence-electron chi connectivity index (χ2n) is 5.97. The van der Waals surface area contributed by atoms with E-state index in [2.05, 4.69) is 20.2 Å². The van der Waals surface area contributed by atoms with Crippen LogP contribution in [0.15, 0.2) is 30.6 Å². The molecule has 2 aromatic rings. The molecule has 0 radical (unpaired) electrons. The number of aliphatic hydroxyl groups is 1. The quantitative estimate of drug-likeness (QED) is 0.866. The third-order valence-electron chi connectivity index (χ3n) is 4.45. The van der Waals surface area contributed by atoms with Crippen LogP contribution < -0.4 is 19.7 Å². The van der Waals surface area contributed by atoms with Crippen molar-refractivity contribution >= 4 is 11.6 Å². The van der Waals surface area contributed by atoms with Crippen molar-refractivity contribution in [3.8, 4) is 11.5 Å². The fourth-order valence-corrected chi connectivity index (χ4v) is 3.17. The second kappa shape index (κ2) is 6.52. The summed E-state index contributed by atoms with van der Waals surface area (Å²) in [7, 11) is 0. The Morgan fingerprint density at radius 3 is 3.04 bits per heavy atom. The summed E-state index contributed by atoms with van der Waals surface area (Å²) in [6.45, 7) is 1.99. The maximum atomic E-state index is 9.47. The van der Waals surface area contributed by atoms with Crippen molar-refractivity contribution in [3.05, 3.63) is 36.2 Å². The molecule has 0 aliphatic carbocycles. The summed E-state index contributed by atoms with van der Waals surface area (Å²) in [6.07, 6.45) is 3.64. The van der Waals surface area contributed by atoms with Crippen molar-refractivity contribution in [2.45, 2.75) is 25.4 Å². The van der Waals surface area contributed by atoms with Gasteiger partial charge in [0.25, 0.3) is 0 Å². The van der Waals surface area contributed by atoms with Crippen LogP contribution in [0.25, 0.3) is 0 Å². The number of aromatic nitrogens is 2. The molecule has 0 bridgehead atoms. The molecule has 0 saturated carbocycles. The fraction of sp³-hybridized carbons (Fsp3) is 0.412. The Bertz CT molecular complexity index is 725. The molecule has 126 valence electrons. The molecular formula is C17H20N4O3. The van der Waals surface area contributed by atoms with Gasteiger partial charge in [0.05, 0.1) is 12.6 Å². The first-order valence-electron chi connectivity index (χ1n) is 8.15. The topological polar surface area (TPSA) is 79.7 Å². The number of nitrogens with one attached hydrogen (secondary N) is 1. The molecule has 2 N–H and O–H groups in total. The van der Waals surface area contributed by atoms with Gasteiger partial charge >= 0.3 is 0 Å². The van der Waals surface area contributed by atoms with Crippen molar-refractivity contribution in [2.75, 3.05) is 30.2 Å². The Morgan fingerprint density at radius 1 is 1.21 bits per heavy atom. The first kappa shape index (κ1) is 15.0. The standard InChI is InChI=1S/C17H20N4O3/c22-9-13-2-1-5-21(13)17-7-16(19-10-20-17)18-8-12-3-4-14-15(6-12)24-11-23-14/h3-4,6-7,10,13,22H,1-2,5,8-9,11H2,(H,18,19,20)/t13-/m1/s1. The molecule has 3 heterocycles. The molecule has 7 heteroatoms. The molecule has 1 saturated heterocycles. The molecule has 24 heavy (non-hydrogen) atoms. The van der Waals surface area contributed by atoms with Crippen LogP contribution in [0.3, 0.4) is 0 Å². The van der Waals surface area contributed by atoms with E-state index in [4.69, 9.17) is 9.47 Å². The van der Waals surface area contributed by atoms with E-state index in [-0.39, 0.29) is 19.4 Å². The van der Waals surface area contributed by atoms with Crippen molar-refractivity contribution in [2.24, 2.45) is 0 Å². The highest BCUT2D eigenvalue weighted by Gasteiger charge is 2.25. The highest BCUT2D eigenvalue weighted by atomic mass is 16.7. The van der Waals surface area contributed by atoms with Crippen LogP contribution in [0.5, 0.6) is 11.5 Å². The Balaban J connectivity index is 1.44. The minimum absolute atomic E-state index is 0.154. The monoisotopic (exact) mass is 328 g/mol. The zero-order valence-corrected chi connectivity index (χ0v) is 13.3. The summed E-state index contributed by atoms with van der Waals surface area (Å²) in [5.41, 5.74) is 1.09. The van der Waals surface area contributed by atoms with Gasteiger partial charge in [-0.2, -0.15) is 0 Å². The van der Waals surface area contributed by atoms with Gasteiger partial charge in [0, 0.05) is 19.2 Å². The molecule has 2 aliphatic heterocycles. The minimum Gasteiger partial charge on any atom is -0.454 e. The molecule has 1 aromatic carbocycles. The van der Waals surface area contributed by atoms with E-state index in [0.29, 0.717) is 6.54 Å². The number of fused-ring (bicyclic) bond motifs is 1. The number of anilines is 2. The molecule has 0 amide bonds. The first-order chi connectivity index (χ1) is 11.8. The third kappa shape index (κ3) is 2.94. The van der Waals surface area contributed by atoms with Gasteiger partial charge in [-0.25, -0.2) is 9.97 Å². The van der Waals surface area contributed by atoms with Gasteiger partial charge in [-0.05, 0) is 30.5 Å². The molecule has 4 rings (SSSR count). The van der Waals surface area contributed by atoms with Crippen LogP contribution in [-0.2, 0) is 6.54 Å². The lowest BCUT2D eigenvalue weighted by molar-refractivity contribution is 0.174. The van der Waals surface area contributed by atoms with Gasteiger partial charge in [-0.15, -0.1) is 0 Å². The Labute approximate surface area is 140 Å². The summed E-state index contributed by atoms with van der Waals surface area (Å²) in [4.78, 5) is 10.8. The zero-order valence-electron chi connectivity index (χ0n) is 13.3. The van der Waals surface area contributed by atoms with E-state index >= 15 is 0 Å². The van der Waals surface area contributed by atoms with E-state index in [1.165, 1.54) is 0 Å². The lowest BCUT2D eigenvalue weighted by atomic mass is 10.2. The summed E-state index contributed by atoms with van der Waals surface area (Å²) in [5.74, 6) is 3.18. The normalized spacial score (nSPS) is 18.9. The minimum atomic E-state index is 0.154. The zero-order chi connectivity index (χ0) is 16.4. The van der Waals surface area contributed by atoms with Crippen LogP contribution in [0.2, 0.25) is 0 Å². The number of benzene rings is 1. The summed E-state index contributed by atoms with van der Waals surface area (Å²) in [5, 5.41) is 12.8. The molecule has 7 nitrogen and oxygen atoms in total. The van der Waals surface area contributed by atoms with E-state index in [1.807, 2.05) is 24.3 Å². The van der Waals surface area contributed by atoms with Crippen molar-refractivity contribution in [3.63, 3.8) is 0 Å². The summed E-state index contributed by atoms with van der Waals surface area (Å²) >= 11 is 0. The fourth-order valence-electron chi connectivity index (χ4n) is 3.17. The van der Waals surface area contributed by atoms with Crippen LogP contribution in [0, 0.1) is 0 Å². The molecule has 1 aromatic heterocycles. The molecule has 1 fully saturated rings. The van der Waals surface area contributed by atoms with Gasteiger partial charge in [0.15, 0.2) is 11.5 Å². The van der Waals surface area contributed by atoms with E-state index < -0.39 is 0 Å². The third-order valence-corrected chi connectivity index (χ3v) is 4.45. The average Bonchev–Trinajstić information content (AvgIpc) is 3.28. The van der Waals surface area contributed by atoms with Crippen LogP contribution >= 0.6 is 0 Å². The highest BCUT2D eigenvalue weighted by Crippen LogP contribution is 2.32. The number of rotatable bonds is 5. The van der Waals surface area contributed by atoms with Crippen LogP contribution in [0.4, 0.5) is 11.6 Å². The lowest BCUT2D eigenvalue weighted by Gasteiger charge is -2.24. The van der Waals surface area contributed by atoms with Gasteiger partial charge in [-0.3, -0.25) is 0 Å². The predicted octanol–water partition coefficient (Wildman–Crippen LogP) is 1.78. The van der Waals surface area contributed by atoms with E-state index in [9.17, 15) is 5.11 Å². The number of nitrogens with zero attached hydrogens (tertiary/aromatic N) is 3. The Hall–Kier alpha value is -2.54.